The van der Waals surface area contributed by atoms with E-state index in [-0.39, 0.29) is 0 Å². The molecular formula is C13H16N2O. The number of rotatable bonds is 1. The number of hydrogen-bond donors (Lipinski definition) is 1. The van der Waals surface area contributed by atoms with Gasteiger partial charge in [-0.2, -0.15) is 0 Å². The lowest BCUT2D eigenvalue weighted by Gasteiger charge is -2.08. The second kappa shape index (κ2) is 3.59. The lowest BCUT2D eigenvalue weighted by atomic mass is 9.98. The van der Waals surface area contributed by atoms with Gasteiger partial charge in [-0.25, -0.2) is 4.98 Å². The summed E-state index contributed by atoms with van der Waals surface area (Å²) in [5, 5.41) is 3.38. The molecule has 0 spiro atoms. The molecule has 0 aliphatic carbocycles. The average molecular weight is 216 g/mol. The minimum absolute atomic E-state index is 0.423. The summed E-state index contributed by atoms with van der Waals surface area (Å²) in [4.78, 5) is 4.60. The normalized spacial score (nSPS) is 25.4. The van der Waals surface area contributed by atoms with Crippen molar-refractivity contribution >= 4 is 11.1 Å². The van der Waals surface area contributed by atoms with Crippen LogP contribution in [0.1, 0.15) is 24.3 Å². The molecule has 0 amide bonds. The van der Waals surface area contributed by atoms with Crippen molar-refractivity contribution in [3.05, 3.63) is 29.7 Å². The first-order valence-corrected chi connectivity index (χ1v) is 5.82. The topological polar surface area (TPSA) is 38.1 Å². The summed E-state index contributed by atoms with van der Waals surface area (Å²) in [5.74, 6) is 1.92. The monoisotopic (exact) mass is 216 g/mol. The van der Waals surface area contributed by atoms with Crippen LogP contribution >= 0.6 is 0 Å². The van der Waals surface area contributed by atoms with Gasteiger partial charge in [0.05, 0.1) is 5.92 Å². The summed E-state index contributed by atoms with van der Waals surface area (Å²) < 4.78 is 5.90. The number of para-hydroxylation sites is 1. The maximum atomic E-state index is 5.90. The highest BCUT2D eigenvalue weighted by Crippen LogP contribution is 2.30. The molecular weight excluding hydrogens is 200 g/mol. The lowest BCUT2D eigenvalue weighted by molar-refractivity contribution is 0.434. The van der Waals surface area contributed by atoms with Crippen molar-refractivity contribution in [3.63, 3.8) is 0 Å². The van der Waals surface area contributed by atoms with Crippen LogP contribution in [0.3, 0.4) is 0 Å². The van der Waals surface area contributed by atoms with Gasteiger partial charge in [-0.05, 0) is 31.0 Å². The number of nitrogens with zero attached hydrogens (tertiary/aromatic N) is 1. The molecule has 0 radical (unpaired) electrons. The third-order valence-electron chi connectivity index (χ3n) is 3.46. The van der Waals surface area contributed by atoms with E-state index in [9.17, 15) is 0 Å². The minimum atomic E-state index is 0.423. The standard InChI is InChI=1S/C13H16N2O/c1-8-4-3-5-11-12(8)16-13(15-11)10-7-14-6-9(10)2/h3-5,9-10,14H,6-7H2,1-2H3/t9-,10-/m1/s1. The van der Waals surface area contributed by atoms with Crippen LogP contribution in [0.25, 0.3) is 11.1 Å². The Morgan fingerprint density at radius 1 is 1.38 bits per heavy atom. The van der Waals surface area contributed by atoms with Gasteiger partial charge in [-0.3, -0.25) is 0 Å². The zero-order valence-electron chi connectivity index (χ0n) is 9.66. The number of hydrogen-bond acceptors (Lipinski definition) is 3. The Bertz CT molecular complexity index is 518. The highest BCUT2D eigenvalue weighted by Gasteiger charge is 2.29. The average Bonchev–Trinajstić information content (AvgIpc) is 2.84. The van der Waals surface area contributed by atoms with Gasteiger partial charge in [-0.1, -0.05) is 19.1 Å². The van der Waals surface area contributed by atoms with E-state index in [0.717, 1.165) is 35.6 Å². The Kier molecular flexibility index (Phi) is 2.21. The van der Waals surface area contributed by atoms with Crippen LogP contribution in [-0.2, 0) is 0 Å². The molecule has 1 aliphatic heterocycles. The molecule has 3 nitrogen and oxygen atoms in total. The van der Waals surface area contributed by atoms with Gasteiger partial charge in [0, 0.05) is 6.54 Å². The first-order chi connectivity index (χ1) is 7.75. The fourth-order valence-electron chi connectivity index (χ4n) is 2.40. The van der Waals surface area contributed by atoms with Crippen molar-refractivity contribution in [3.8, 4) is 0 Å². The molecule has 1 saturated heterocycles. The molecule has 2 atom stereocenters. The van der Waals surface area contributed by atoms with Crippen LogP contribution in [0.2, 0.25) is 0 Å². The van der Waals surface area contributed by atoms with Crippen molar-refractivity contribution in [1.82, 2.24) is 10.3 Å². The molecule has 3 rings (SSSR count). The zero-order valence-corrected chi connectivity index (χ0v) is 9.66. The van der Waals surface area contributed by atoms with Crippen molar-refractivity contribution < 1.29 is 4.42 Å². The molecule has 0 unspecified atom stereocenters. The van der Waals surface area contributed by atoms with Gasteiger partial charge in [0.15, 0.2) is 11.5 Å². The summed E-state index contributed by atoms with van der Waals surface area (Å²) in [6.45, 7) is 6.34. The molecule has 0 saturated carbocycles. The summed E-state index contributed by atoms with van der Waals surface area (Å²) in [6.07, 6.45) is 0. The predicted molar refractivity (Wildman–Crippen MR) is 63.5 cm³/mol. The summed E-state index contributed by atoms with van der Waals surface area (Å²) >= 11 is 0. The Balaban J connectivity index is 2.08. The second-order valence-electron chi connectivity index (χ2n) is 4.72. The van der Waals surface area contributed by atoms with Crippen LogP contribution in [0.4, 0.5) is 0 Å². The molecule has 1 aromatic heterocycles. The smallest absolute Gasteiger partial charge is 0.200 e. The predicted octanol–water partition coefficient (Wildman–Crippen LogP) is 2.46. The third kappa shape index (κ3) is 1.43. The van der Waals surface area contributed by atoms with E-state index in [1.807, 2.05) is 12.1 Å². The van der Waals surface area contributed by atoms with Crippen LogP contribution in [-0.4, -0.2) is 18.1 Å². The summed E-state index contributed by atoms with van der Waals surface area (Å²) in [5.41, 5.74) is 3.08. The molecule has 84 valence electrons. The van der Waals surface area contributed by atoms with Crippen LogP contribution in [0.15, 0.2) is 22.6 Å². The number of aromatic nitrogens is 1. The summed E-state index contributed by atoms with van der Waals surface area (Å²) in [6, 6.07) is 6.11. The number of aryl methyl sites for hydroxylation is 1. The van der Waals surface area contributed by atoms with Gasteiger partial charge in [0.25, 0.3) is 0 Å². The summed E-state index contributed by atoms with van der Waals surface area (Å²) in [7, 11) is 0. The Hall–Kier alpha value is -1.35. The van der Waals surface area contributed by atoms with E-state index in [1.54, 1.807) is 0 Å². The number of nitrogens with one attached hydrogen (secondary N) is 1. The molecule has 2 aromatic rings. The molecule has 0 bridgehead atoms. The molecule has 16 heavy (non-hydrogen) atoms. The van der Waals surface area contributed by atoms with E-state index in [2.05, 4.69) is 30.2 Å². The first-order valence-electron chi connectivity index (χ1n) is 5.82. The molecule has 1 fully saturated rings. The van der Waals surface area contributed by atoms with Gasteiger partial charge >= 0.3 is 0 Å². The number of oxazole rings is 1. The molecule has 1 aromatic carbocycles. The zero-order chi connectivity index (χ0) is 11.1. The van der Waals surface area contributed by atoms with Crippen molar-refractivity contribution in [1.29, 1.82) is 0 Å². The molecule has 1 aliphatic rings. The Labute approximate surface area is 94.9 Å². The highest BCUT2D eigenvalue weighted by atomic mass is 16.3. The van der Waals surface area contributed by atoms with Crippen molar-refractivity contribution in [2.24, 2.45) is 5.92 Å². The van der Waals surface area contributed by atoms with Gasteiger partial charge in [0.2, 0.25) is 0 Å². The van der Waals surface area contributed by atoms with Crippen LogP contribution < -0.4 is 5.32 Å². The van der Waals surface area contributed by atoms with Gasteiger partial charge in [-0.15, -0.1) is 0 Å². The fourth-order valence-corrected chi connectivity index (χ4v) is 2.40. The Morgan fingerprint density at radius 2 is 2.25 bits per heavy atom. The number of fused-ring (bicyclic) bond motifs is 1. The van der Waals surface area contributed by atoms with Crippen LogP contribution in [0.5, 0.6) is 0 Å². The van der Waals surface area contributed by atoms with E-state index >= 15 is 0 Å². The van der Waals surface area contributed by atoms with Gasteiger partial charge < -0.3 is 9.73 Å². The fraction of sp³-hybridized carbons (Fsp3) is 0.462. The van der Waals surface area contributed by atoms with E-state index in [4.69, 9.17) is 4.42 Å². The molecule has 3 heteroatoms. The van der Waals surface area contributed by atoms with Crippen molar-refractivity contribution in [2.45, 2.75) is 19.8 Å². The SMILES string of the molecule is Cc1cccc2nc([C@@H]3CNC[C@H]3C)oc12. The third-order valence-corrected chi connectivity index (χ3v) is 3.46. The lowest BCUT2D eigenvalue weighted by Crippen LogP contribution is -2.08. The quantitative estimate of drug-likeness (QED) is 0.795. The first kappa shape index (κ1) is 9.85. The minimum Gasteiger partial charge on any atom is -0.440 e. The molecule has 1 N–H and O–H groups in total. The van der Waals surface area contributed by atoms with Crippen LogP contribution in [0, 0.1) is 12.8 Å². The van der Waals surface area contributed by atoms with E-state index < -0.39 is 0 Å². The second-order valence-corrected chi connectivity index (χ2v) is 4.72. The van der Waals surface area contributed by atoms with Gasteiger partial charge in [0.1, 0.15) is 5.52 Å². The highest BCUT2D eigenvalue weighted by molar-refractivity contribution is 5.76. The number of benzene rings is 1. The Morgan fingerprint density at radius 3 is 2.94 bits per heavy atom. The van der Waals surface area contributed by atoms with Crippen molar-refractivity contribution in [2.75, 3.05) is 13.1 Å². The largest absolute Gasteiger partial charge is 0.440 e. The maximum absolute atomic E-state index is 5.90. The van der Waals surface area contributed by atoms with E-state index in [1.165, 1.54) is 0 Å². The maximum Gasteiger partial charge on any atom is 0.200 e. The van der Waals surface area contributed by atoms with E-state index in [0.29, 0.717) is 11.8 Å². The molecule has 2 heterocycles.